The molecule has 2 saturated heterocycles. The van der Waals surface area contributed by atoms with Gasteiger partial charge in [0.2, 0.25) is 5.91 Å². The van der Waals surface area contributed by atoms with Crippen LogP contribution in [0.5, 0.6) is 0 Å². The van der Waals surface area contributed by atoms with E-state index in [-0.39, 0.29) is 23.8 Å². The number of hydrogen-bond acceptors (Lipinski definition) is 7. The van der Waals surface area contributed by atoms with E-state index in [9.17, 15) is 14.9 Å². The third-order valence-electron chi connectivity index (χ3n) is 6.23. The average molecular weight is 421 g/mol. The Morgan fingerprint density at radius 2 is 2.13 bits per heavy atom. The van der Waals surface area contributed by atoms with E-state index in [1.54, 1.807) is 36.3 Å². The molecular weight excluding hydrogens is 398 g/mol. The SMILES string of the molecule is Cn1nc(Nc2cc(N3CC[C@@](C#N)(C4CC4)C3=O)ccn2)cc1C(=O)NC1COC1. The molecule has 1 aliphatic carbocycles. The summed E-state index contributed by atoms with van der Waals surface area (Å²) in [7, 11) is 1.70. The van der Waals surface area contributed by atoms with E-state index in [0.29, 0.717) is 49.2 Å². The highest BCUT2D eigenvalue weighted by atomic mass is 16.5. The first-order valence-electron chi connectivity index (χ1n) is 10.4. The zero-order chi connectivity index (χ0) is 21.6. The van der Waals surface area contributed by atoms with Gasteiger partial charge in [-0.25, -0.2) is 4.98 Å². The lowest BCUT2D eigenvalue weighted by Crippen LogP contribution is -2.48. The van der Waals surface area contributed by atoms with Crippen LogP contribution in [0.3, 0.4) is 0 Å². The Bertz CT molecular complexity index is 1080. The van der Waals surface area contributed by atoms with Gasteiger partial charge in [0.15, 0.2) is 5.82 Å². The van der Waals surface area contributed by atoms with Gasteiger partial charge in [-0.05, 0) is 31.2 Å². The molecule has 0 bridgehead atoms. The molecule has 3 aliphatic rings. The Balaban J connectivity index is 1.31. The second-order valence-electron chi connectivity index (χ2n) is 8.33. The molecule has 2 aromatic rings. The molecule has 1 saturated carbocycles. The van der Waals surface area contributed by atoms with Crippen LogP contribution in [0.25, 0.3) is 0 Å². The number of carbonyl (C=O) groups excluding carboxylic acids is 2. The maximum absolute atomic E-state index is 13.0. The number of nitriles is 1. The fourth-order valence-corrected chi connectivity index (χ4v) is 4.24. The number of nitrogens with zero attached hydrogens (tertiary/aromatic N) is 5. The number of nitrogens with one attached hydrogen (secondary N) is 2. The van der Waals surface area contributed by atoms with E-state index in [0.717, 1.165) is 12.8 Å². The van der Waals surface area contributed by atoms with Gasteiger partial charge in [0.25, 0.3) is 5.91 Å². The molecule has 0 spiro atoms. The van der Waals surface area contributed by atoms with Gasteiger partial charge in [0.05, 0.1) is 25.3 Å². The van der Waals surface area contributed by atoms with E-state index < -0.39 is 5.41 Å². The van der Waals surface area contributed by atoms with Crippen molar-refractivity contribution in [1.82, 2.24) is 20.1 Å². The van der Waals surface area contributed by atoms with Gasteiger partial charge < -0.3 is 20.3 Å². The number of pyridine rings is 1. The van der Waals surface area contributed by atoms with E-state index in [4.69, 9.17) is 4.74 Å². The minimum atomic E-state index is -0.883. The third-order valence-corrected chi connectivity index (χ3v) is 6.23. The van der Waals surface area contributed by atoms with Crippen molar-refractivity contribution in [1.29, 1.82) is 5.26 Å². The molecule has 2 N–H and O–H groups in total. The Kier molecular flexibility index (Phi) is 4.63. The molecule has 2 aromatic heterocycles. The first kappa shape index (κ1) is 19.5. The third kappa shape index (κ3) is 3.41. The summed E-state index contributed by atoms with van der Waals surface area (Å²) in [4.78, 5) is 31.4. The van der Waals surface area contributed by atoms with Gasteiger partial charge in [0, 0.05) is 37.6 Å². The monoisotopic (exact) mass is 421 g/mol. The molecule has 31 heavy (non-hydrogen) atoms. The Hall–Kier alpha value is -3.45. The van der Waals surface area contributed by atoms with Gasteiger partial charge in [-0.15, -0.1) is 0 Å². The van der Waals surface area contributed by atoms with E-state index in [2.05, 4.69) is 26.8 Å². The number of rotatable bonds is 6. The largest absolute Gasteiger partial charge is 0.377 e. The number of amides is 2. The molecule has 5 rings (SSSR count). The quantitative estimate of drug-likeness (QED) is 0.721. The van der Waals surface area contributed by atoms with Gasteiger partial charge in [-0.2, -0.15) is 10.4 Å². The number of aromatic nitrogens is 3. The smallest absolute Gasteiger partial charge is 0.270 e. The van der Waals surface area contributed by atoms with Crippen LogP contribution >= 0.6 is 0 Å². The van der Waals surface area contributed by atoms with Gasteiger partial charge >= 0.3 is 0 Å². The van der Waals surface area contributed by atoms with Crippen LogP contribution in [0.1, 0.15) is 29.8 Å². The Labute approximate surface area is 179 Å². The van der Waals surface area contributed by atoms with Crippen LogP contribution in [0.4, 0.5) is 17.3 Å². The minimum absolute atomic E-state index is 0.0336. The molecule has 3 fully saturated rings. The fourth-order valence-electron chi connectivity index (χ4n) is 4.24. The highest BCUT2D eigenvalue weighted by Gasteiger charge is 2.56. The zero-order valence-electron chi connectivity index (χ0n) is 17.2. The van der Waals surface area contributed by atoms with Crippen molar-refractivity contribution in [2.24, 2.45) is 18.4 Å². The normalized spacial score (nSPS) is 23.4. The summed E-state index contributed by atoms with van der Waals surface area (Å²) in [5, 5.41) is 20.0. The summed E-state index contributed by atoms with van der Waals surface area (Å²) in [6.45, 7) is 1.56. The molecule has 0 unspecified atom stereocenters. The van der Waals surface area contributed by atoms with Crippen molar-refractivity contribution in [3.63, 3.8) is 0 Å². The Morgan fingerprint density at radius 3 is 2.81 bits per heavy atom. The first-order chi connectivity index (χ1) is 15.0. The van der Waals surface area contributed by atoms with Crippen LogP contribution in [-0.2, 0) is 16.6 Å². The van der Waals surface area contributed by atoms with Crippen molar-refractivity contribution in [3.8, 4) is 6.07 Å². The highest BCUT2D eigenvalue weighted by Crippen LogP contribution is 2.51. The predicted octanol–water partition coefficient (Wildman–Crippen LogP) is 1.34. The summed E-state index contributed by atoms with van der Waals surface area (Å²) in [5.74, 6) is 0.821. The molecule has 2 aliphatic heterocycles. The molecule has 10 heteroatoms. The van der Waals surface area contributed by atoms with Crippen LogP contribution in [0.2, 0.25) is 0 Å². The van der Waals surface area contributed by atoms with Crippen LogP contribution in [0.15, 0.2) is 24.4 Å². The summed E-state index contributed by atoms with van der Waals surface area (Å²) in [6.07, 6.45) is 4.06. The zero-order valence-corrected chi connectivity index (χ0v) is 17.2. The average Bonchev–Trinajstić information content (AvgIpc) is 3.44. The number of anilines is 3. The lowest BCUT2D eigenvalue weighted by atomic mass is 9.83. The molecule has 0 aromatic carbocycles. The molecule has 0 radical (unpaired) electrons. The van der Waals surface area contributed by atoms with Crippen molar-refractivity contribution in [2.45, 2.75) is 25.3 Å². The highest BCUT2D eigenvalue weighted by molar-refractivity contribution is 6.02. The maximum Gasteiger partial charge on any atom is 0.270 e. The van der Waals surface area contributed by atoms with Crippen LogP contribution < -0.4 is 15.5 Å². The van der Waals surface area contributed by atoms with Crippen molar-refractivity contribution in [3.05, 3.63) is 30.1 Å². The number of hydrogen-bond donors (Lipinski definition) is 2. The standard InChI is InChI=1S/C21H23N7O3/c1-27-16(19(29)24-14-10-31-11-14)9-18(26-27)25-17-8-15(4-6-23-17)28-7-5-21(12-22,20(28)30)13-2-3-13/h4,6,8-9,13-14H,2-3,5,7,10-11H2,1H3,(H,24,29)(H,23,25,26)/t21-/m1/s1. The van der Waals surface area contributed by atoms with Crippen molar-refractivity contribution in [2.75, 3.05) is 30.0 Å². The molecule has 2 amide bonds. The summed E-state index contributed by atoms with van der Waals surface area (Å²) in [5.41, 5.74) is 0.230. The lowest BCUT2D eigenvalue weighted by molar-refractivity contribution is -0.123. The number of aryl methyl sites for hydroxylation is 1. The van der Waals surface area contributed by atoms with Crippen LogP contribution in [0, 0.1) is 22.7 Å². The molecule has 160 valence electrons. The maximum atomic E-state index is 13.0. The van der Waals surface area contributed by atoms with Crippen molar-refractivity contribution < 1.29 is 14.3 Å². The molecular formula is C21H23N7O3. The van der Waals surface area contributed by atoms with Gasteiger partial charge in [-0.3, -0.25) is 14.3 Å². The van der Waals surface area contributed by atoms with E-state index in [1.807, 2.05) is 0 Å². The second-order valence-corrected chi connectivity index (χ2v) is 8.33. The van der Waals surface area contributed by atoms with E-state index >= 15 is 0 Å². The second kappa shape index (κ2) is 7.35. The van der Waals surface area contributed by atoms with Crippen LogP contribution in [-0.4, -0.2) is 52.4 Å². The van der Waals surface area contributed by atoms with Gasteiger partial charge in [-0.1, -0.05) is 0 Å². The number of ether oxygens (including phenoxy) is 1. The molecule has 10 nitrogen and oxygen atoms in total. The topological polar surface area (TPSA) is 125 Å². The first-order valence-corrected chi connectivity index (χ1v) is 10.4. The predicted molar refractivity (Wildman–Crippen MR) is 111 cm³/mol. The van der Waals surface area contributed by atoms with Crippen molar-refractivity contribution >= 4 is 29.1 Å². The van der Waals surface area contributed by atoms with E-state index in [1.165, 1.54) is 4.68 Å². The lowest BCUT2D eigenvalue weighted by Gasteiger charge is -2.26. The summed E-state index contributed by atoms with van der Waals surface area (Å²) >= 11 is 0. The fraction of sp³-hybridized carbons (Fsp3) is 0.476. The Morgan fingerprint density at radius 1 is 1.32 bits per heavy atom. The number of carbonyl (C=O) groups is 2. The molecule has 4 heterocycles. The van der Waals surface area contributed by atoms with Gasteiger partial charge in [0.1, 0.15) is 16.9 Å². The summed E-state index contributed by atoms with van der Waals surface area (Å²) < 4.78 is 6.58. The summed E-state index contributed by atoms with van der Waals surface area (Å²) in [6, 6.07) is 7.52. The minimum Gasteiger partial charge on any atom is -0.377 e. The molecule has 1 atom stereocenters.